The molecule has 0 aromatic heterocycles. The van der Waals surface area contributed by atoms with E-state index in [9.17, 15) is 4.79 Å². The molecule has 1 heterocycles. The molecule has 0 saturated heterocycles. The quantitative estimate of drug-likeness (QED) is 0.918. The second kappa shape index (κ2) is 7.49. The maximum atomic E-state index is 12.3. The SMILES string of the molecule is CN(C)c1cccc(C(=O)NCCN2CCc3ccccc3C2)c1. The fourth-order valence-electron chi connectivity index (χ4n) is 3.10. The van der Waals surface area contributed by atoms with Crippen LogP contribution in [0.15, 0.2) is 48.5 Å². The van der Waals surface area contributed by atoms with E-state index in [2.05, 4.69) is 34.5 Å². The fourth-order valence-corrected chi connectivity index (χ4v) is 3.10. The topological polar surface area (TPSA) is 35.6 Å². The van der Waals surface area contributed by atoms with Gasteiger partial charge in [0.15, 0.2) is 0 Å². The predicted octanol–water partition coefficient (Wildman–Crippen LogP) is 2.54. The lowest BCUT2D eigenvalue weighted by atomic mass is 10.00. The molecule has 0 saturated carbocycles. The van der Waals surface area contributed by atoms with Crippen LogP contribution >= 0.6 is 0 Å². The molecule has 24 heavy (non-hydrogen) atoms. The molecule has 1 N–H and O–H groups in total. The Hall–Kier alpha value is -2.33. The first kappa shape index (κ1) is 16.5. The summed E-state index contributed by atoms with van der Waals surface area (Å²) < 4.78 is 0. The molecular formula is C20H25N3O. The van der Waals surface area contributed by atoms with Gasteiger partial charge in [0.05, 0.1) is 0 Å². The van der Waals surface area contributed by atoms with Gasteiger partial charge < -0.3 is 10.2 Å². The Morgan fingerprint density at radius 1 is 1.12 bits per heavy atom. The summed E-state index contributed by atoms with van der Waals surface area (Å²) >= 11 is 0. The Bertz CT molecular complexity index is 712. The number of rotatable bonds is 5. The Kier molecular flexibility index (Phi) is 5.16. The summed E-state index contributed by atoms with van der Waals surface area (Å²) in [6, 6.07) is 16.3. The minimum atomic E-state index is -0.00360. The molecule has 0 radical (unpaired) electrons. The molecule has 4 heteroatoms. The van der Waals surface area contributed by atoms with Gasteiger partial charge in [-0.2, -0.15) is 0 Å². The Labute approximate surface area is 144 Å². The van der Waals surface area contributed by atoms with E-state index in [0.29, 0.717) is 12.1 Å². The highest BCUT2D eigenvalue weighted by Gasteiger charge is 2.15. The zero-order chi connectivity index (χ0) is 16.9. The van der Waals surface area contributed by atoms with Crippen LogP contribution in [0.3, 0.4) is 0 Å². The highest BCUT2D eigenvalue weighted by Crippen LogP contribution is 2.18. The summed E-state index contributed by atoms with van der Waals surface area (Å²) in [6.07, 6.45) is 1.09. The zero-order valence-corrected chi connectivity index (χ0v) is 14.5. The van der Waals surface area contributed by atoms with Crippen molar-refractivity contribution in [1.82, 2.24) is 10.2 Å². The number of carbonyl (C=O) groups is 1. The minimum Gasteiger partial charge on any atom is -0.378 e. The summed E-state index contributed by atoms with van der Waals surface area (Å²) in [5.41, 5.74) is 4.62. The van der Waals surface area contributed by atoms with Crippen LogP contribution in [0.4, 0.5) is 5.69 Å². The third-order valence-electron chi connectivity index (χ3n) is 4.55. The van der Waals surface area contributed by atoms with E-state index in [-0.39, 0.29) is 5.91 Å². The van der Waals surface area contributed by atoms with Crippen molar-refractivity contribution in [2.45, 2.75) is 13.0 Å². The van der Waals surface area contributed by atoms with Crippen LogP contribution in [0.1, 0.15) is 21.5 Å². The molecular weight excluding hydrogens is 298 g/mol. The summed E-state index contributed by atoms with van der Waals surface area (Å²) in [6.45, 7) is 3.59. The van der Waals surface area contributed by atoms with E-state index < -0.39 is 0 Å². The summed E-state index contributed by atoms with van der Waals surface area (Å²) in [7, 11) is 3.95. The largest absolute Gasteiger partial charge is 0.378 e. The number of anilines is 1. The summed E-state index contributed by atoms with van der Waals surface area (Å²) in [5.74, 6) is -0.00360. The van der Waals surface area contributed by atoms with Gasteiger partial charge in [-0.1, -0.05) is 30.3 Å². The second-order valence-electron chi connectivity index (χ2n) is 6.50. The number of amides is 1. The van der Waals surface area contributed by atoms with Crippen molar-refractivity contribution in [3.05, 3.63) is 65.2 Å². The molecule has 1 aliphatic heterocycles. The van der Waals surface area contributed by atoms with Gasteiger partial charge in [0.25, 0.3) is 5.91 Å². The maximum Gasteiger partial charge on any atom is 0.251 e. The zero-order valence-electron chi connectivity index (χ0n) is 14.5. The molecule has 0 aliphatic carbocycles. The maximum absolute atomic E-state index is 12.3. The van der Waals surface area contributed by atoms with Crippen LogP contribution < -0.4 is 10.2 Å². The number of hydrogen-bond donors (Lipinski definition) is 1. The van der Waals surface area contributed by atoms with Crippen LogP contribution in [-0.2, 0) is 13.0 Å². The van der Waals surface area contributed by atoms with Gasteiger partial charge in [-0.25, -0.2) is 0 Å². The van der Waals surface area contributed by atoms with Crippen molar-refractivity contribution >= 4 is 11.6 Å². The lowest BCUT2D eigenvalue weighted by Crippen LogP contribution is -2.37. The van der Waals surface area contributed by atoms with Gasteiger partial charge in [-0.15, -0.1) is 0 Å². The summed E-state index contributed by atoms with van der Waals surface area (Å²) in [4.78, 5) is 16.7. The van der Waals surface area contributed by atoms with E-state index in [1.165, 1.54) is 11.1 Å². The van der Waals surface area contributed by atoms with Crippen LogP contribution in [0.5, 0.6) is 0 Å². The van der Waals surface area contributed by atoms with E-state index in [4.69, 9.17) is 0 Å². The number of hydrogen-bond acceptors (Lipinski definition) is 3. The molecule has 126 valence electrons. The van der Waals surface area contributed by atoms with Crippen molar-refractivity contribution in [2.75, 3.05) is 38.6 Å². The standard InChI is InChI=1S/C20H25N3O/c1-22(2)19-9-5-8-17(14-19)20(24)21-11-13-23-12-10-16-6-3-4-7-18(16)15-23/h3-9,14H,10-13,15H2,1-2H3,(H,21,24). The predicted molar refractivity (Wildman–Crippen MR) is 98.5 cm³/mol. The van der Waals surface area contributed by atoms with Crippen LogP contribution in [-0.4, -0.2) is 44.5 Å². The number of nitrogens with zero attached hydrogens (tertiary/aromatic N) is 2. The van der Waals surface area contributed by atoms with Crippen molar-refractivity contribution in [1.29, 1.82) is 0 Å². The van der Waals surface area contributed by atoms with Gasteiger partial charge in [0, 0.05) is 51.5 Å². The number of benzene rings is 2. The highest BCUT2D eigenvalue weighted by molar-refractivity contribution is 5.95. The normalized spacial score (nSPS) is 14.1. The third kappa shape index (κ3) is 3.95. The van der Waals surface area contributed by atoms with Gasteiger partial charge in [-0.05, 0) is 35.7 Å². The molecule has 4 nitrogen and oxygen atoms in total. The molecule has 0 spiro atoms. The van der Waals surface area contributed by atoms with Gasteiger partial charge in [0.2, 0.25) is 0 Å². The van der Waals surface area contributed by atoms with Crippen molar-refractivity contribution < 1.29 is 4.79 Å². The number of fused-ring (bicyclic) bond motifs is 1. The molecule has 3 rings (SSSR count). The molecule has 0 bridgehead atoms. The summed E-state index contributed by atoms with van der Waals surface area (Å²) in [5, 5.41) is 3.04. The number of carbonyl (C=O) groups excluding carboxylic acids is 1. The van der Waals surface area contributed by atoms with Crippen LogP contribution in [0.25, 0.3) is 0 Å². The lowest BCUT2D eigenvalue weighted by molar-refractivity contribution is 0.0947. The Morgan fingerprint density at radius 3 is 2.71 bits per heavy atom. The van der Waals surface area contributed by atoms with E-state index in [1.807, 2.05) is 43.3 Å². The fraction of sp³-hybridized carbons (Fsp3) is 0.350. The highest BCUT2D eigenvalue weighted by atomic mass is 16.1. The van der Waals surface area contributed by atoms with Gasteiger partial charge >= 0.3 is 0 Å². The first-order valence-electron chi connectivity index (χ1n) is 8.48. The molecule has 0 fully saturated rings. The first-order chi connectivity index (χ1) is 11.6. The minimum absolute atomic E-state index is 0.00360. The number of nitrogens with one attached hydrogen (secondary N) is 1. The lowest BCUT2D eigenvalue weighted by Gasteiger charge is -2.28. The molecule has 0 atom stereocenters. The van der Waals surface area contributed by atoms with Crippen LogP contribution in [0.2, 0.25) is 0 Å². The van der Waals surface area contributed by atoms with E-state index in [0.717, 1.165) is 31.7 Å². The van der Waals surface area contributed by atoms with Gasteiger partial charge in [0.1, 0.15) is 0 Å². The molecule has 2 aromatic carbocycles. The molecule has 2 aromatic rings. The van der Waals surface area contributed by atoms with Crippen molar-refractivity contribution in [3.8, 4) is 0 Å². The second-order valence-corrected chi connectivity index (χ2v) is 6.50. The van der Waals surface area contributed by atoms with Crippen molar-refractivity contribution in [2.24, 2.45) is 0 Å². The van der Waals surface area contributed by atoms with Crippen molar-refractivity contribution in [3.63, 3.8) is 0 Å². The molecule has 1 aliphatic rings. The average molecular weight is 323 g/mol. The van der Waals surface area contributed by atoms with E-state index >= 15 is 0 Å². The average Bonchev–Trinajstić information content (AvgIpc) is 2.61. The monoisotopic (exact) mass is 323 g/mol. The van der Waals surface area contributed by atoms with Crippen LogP contribution in [0, 0.1) is 0 Å². The Balaban J connectivity index is 1.50. The molecule has 0 unspecified atom stereocenters. The first-order valence-corrected chi connectivity index (χ1v) is 8.48. The Morgan fingerprint density at radius 2 is 1.92 bits per heavy atom. The van der Waals surface area contributed by atoms with E-state index in [1.54, 1.807) is 0 Å². The smallest absolute Gasteiger partial charge is 0.251 e. The molecule has 1 amide bonds. The third-order valence-corrected chi connectivity index (χ3v) is 4.55. The van der Waals surface area contributed by atoms with Gasteiger partial charge in [-0.3, -0.25) is 9.69 Å².